The molecule has 4 aliphatic rings. The van der Waals surface area contributed by atoms with Gasteiger partial charge in [0.1, 0.15) is 0 Å². The predicted molar refractivity (Wildman–Crippen MR) is 213 cm³/mol. The molecule has 4 N–H and O–H groups in total. The van der Waals surface area contributed by atoms with Crippen molar-refractivity contribution < 1.29 is 14.3 Å². The van der Waals surface area contributed by atoms with Crippen molar-refractivity contribution in [2.75, 3.05) is 44.8 Å². The first-order valence-electron chi connectivity index (χ1n) is 20.8. The molecule has 2 saturated carbocycles. The average molecular weight is 714 g/mol. The number of nitrogens with two attached hydrogens (primary N) is 1. The van der Waals surface area contributed by atoms with Crippen LogP contribution in [0.1, 0.15) is 125 Å². The molecule has 52 heavy (non-hydrogen) atoms. The van der Waals surface area contributed by atoms with Gasteiger partial charge in [-0.25, -0.2) is 0 Å². The molecule has 1 spiro atoms. The Labute approximate surface area is 314 Å². The van der Waals surface area contributed by atoms with Crippen molar-refractivity contribution in [3.05, 3.63) is 53.1 Å². The number of hydrogen-bond donors (Lipinski definition) is 3. The summed E-state index contributed by atoms with van der Waals surface area (Å²) >= 11 is 0. The van der Waals surface area contributed by atoms with E-state index in [9.17, 15) is 9.59 Å². The molecule has 0 aromatic heterocycles. The van der Waals surface area contributed by atoms with Crippen molar-refractivity contribution in [1.82, 2.24) is 15.5 Å². The van der Waals surface area contributed by atoms with Crippen LogP contribution in [0.5, 0.6) is 0 Å². The number of amides is 2. The van der Waals surface area contributed by atoms with Crippen molar-refractivity contribution in [1.29, 1.82) is 0 Å². The summed E-state index contributed by atoms with van der Waals surface area (Å²) in [6.07, 6.45) is 16.7. The maximum atomic E-state index is 14.3. The number of piperidine rings is 1. The van der Waals surface area contributed by atoms with Gasteiger partial charge in [0, 0.05) is 62.6 Å². The van der Waals surface area contributed by atoms with E-state index in [4.69, 9.17) is 10.5 Å². The van der Waals surface area contributed by atoms with E-state index in [1.54, 1.807) is 0 Å². The van der Waals surface area contributed by atoms with E-state index < -0.39 is 0 Å². The van der Waals surface area contributed by atoms with Crippen LogP contribution in [0.4, 0.5) is 5.69 Å². The Hall–Kier alpha value is -2.94. The monoisotopic (exact) mass is 714 g/mol. The molecule has 6 rings (SSSR count). The van der Waals surface area contributed by atoms with E-state index in [-0.39, 0.29) is 41.1 Å². The third kappa shape index (κ3) is 9.05. The van der Waals surface area contributed by atoms with E-state index in [1.807, 2.05) is 0 Å². The molecule has 0 bridgehead atoms. The van der Waals surface area contributed by atoms with Crippen LogP contribution in [0.3, 0.4) is 0 Å². The van der Waals surface area contributed by atoms with Crippen LogP contribution in [0.25, 0.3) is 11.1 Å². The molecular formula is C44H67N5O3. The SMILES string of the molecule is Cc1c(C(=O)NCC2C(=O)NC(C)C3(CCCCCCCCCC3)C2C)cc(-c2ccc(CN3CCOCC3)cc2)cc1N(C)[C@H]1CC[C@H](N)CC1. The van der Waals surface area contributed by atoms with Crippen molar-refractivity contribution >= 4 is 17.5 Å². The first-order chi connectivity index (χ1) is 25.2. The summed E-state index contributed by atoms with van der Waals surface area (Å²) in [6, 6.07) is 14.0. The topological polar surface area (TPSA) is 99.9 Å². The number of carbonyl (C=O) groups excluding carboxylic acids is 2. The normalized spacial score (nSPS) is 27.7. The Balaban J connectivity index is 1.24. The van der Waals surface area contributed by atoms with Crippen LogP contribution in [0.15, 0.2) is 36.4 Å². The standard InChI is InChI=1S/C44H67N5O3/c1-31-39(42(50)46-29-40-32(2)44(33(3)47-43(40)51)21-11-9-7-5-6-8-10-12-22-44)27-36(28-41(31)48(4)38-19-17-37(45)18-20-38)35-15-13-34(14-16-35)30-49-23-25-52-26-24-49/h13-16,27-28,32-33,37-38,40H,5-12,17-26,29-30,45H2,1-4H3,(H,46,50)(H,47,51)/t32?,33?,37-,38-,40?. The first kappa shape index (κ1) is 38.8. The summed E-state index contributed by atoms with van der Waals surface area (Å²) in [5, 5.41) is 6.71. The fourth-order valence-corrected chi connectivity index (χ4v) is 10.0. The lowest BCUT2D eigenvalue weighted by Crippen LogP contribution is -2.61. The van der Waals surface area contributed by atoms with Crippen LogP contribution >= 0.6 is 0 Å². The highest BCUT2D eigenvalue weighted by Gasteiger charge is 2.50. The fraction of sp³-hybridized carbons (Fsp3) is 0.682. The Kier molecular flexibility index (Phi) is 13.4. The van der Waals surface area contributed by atoms with E-state index in [1.165, 1.54) is 56.9 Å². The molecule has 8 nitrogen and oxygen atoms in total. The smallest absolute Gasteiger partial charge is 0.251 e. The average Bonchev–Trinajstić information content (AvgIpc) is 3.20. The summed E-state index contributed by atoms with van der Waals surface area (Å²) < 4.78 is 5.54. The maximum Gasteiger partial charge on any atom is 0.251 e. The number of benzene rings is 2. The summed E-state index contributed by atoms with van der Waals surface area (Å²) in [5.41, 5.74) is 12.5. The van der Waals surface area contributed by atoms with Gasteiger partial charge in [0.05, 0.1) is 19.1 Å². The van der Waals surface area contributed by atoms with Gasteiger partial charge in [-0.2, -0.15) is 0 Å². The van der Waals surface area contributed by atoms with Crippen LogP contribution in [0.2, 0.25) is 0 Å². The zero-order valence-corrected chi connectivity index (χ0v) is 32.7. The van der Waals surface area contributed by atoms with Gasteiger partial charge >= 0.3 is 0 Å². The van der Waals surface area contributed by atoms with Gasteiger partial charge in [0.2, 0.25) is 5.91 Å². The van der Waals surface area contributed by atoms with Gasteiger partial charge in [-0.05, 0) is 98.1 Å². The summed E-state index contributed by atoms with van der Waals surface area (Å²) in [6.45, 7) is 11.4. The third-order valence-electron chi connectivity index (χ3n) is 13.7. The molecule has 286 valence electrons. The number of nitrogens with one attached hydrogen (secondary N) is 2. The molecule has 2 aliphatic heterocycles. The second-order valence-corrected chi connectivity index (χ2v) is 16.8. The number of hydrogen-bond acceptors (Lipinski definition) is 6. The molecule has 2 amide bonds. The molecule has 8 heteroatoms. The molecule has 4 fully saturated rings. The van der Waals surface area contributed by atoms with Gasteiger partial charge < -0.3 is 26.0 Å². The van der Waals surface area contributed by atoms with Gasteiger partial charge in [0.25, 0.3) is 5.91 Å². The lowest BCUT2D eigenvalue weighted by atomic mass is 9.59. The predicted octanol–water partition coefficient (Wildman–Crippen LogP) is 7.60. The highest BCUT2D eigenvalue weighted by atomic mass is 16.5. The summed E-state index contributed by atoms with van der Waals surface area (Å²) in [7, 11) is 2.18. The number of nitrogens with zero attached hydrogens (tertiary/aromatic N) is 2. The van der Waals surface area contributed by atoms with Crippen LogP contribution < -0.4 is 21.3 Å². The van der Waals surface area contributed by atoms with E-state index in [0.29, 0.717) is 18.2 Å². The number of carbonyl (C=O) groups is 2. The molecule has 3 atom stereocenters. The van der Waals surface area contributed by atoms with Crippen LogP contribution in [-0.2, 0) is 16.1 Å². The fourth-order valence-electron chi connectivity index (χ4n) is 10.0. The molecule has 2 saturated heterocycles. The van der Waals surface area contributed by atoms with Crippen LogP contribution in [0, 0.1) is 24.2 Å². The third-order valence-corrected chi connectivity index (χ3v) is 13.7. The minimum atomic E-state index is -0.249. The molecule has 0 radical (unpaired) electrons. The molecule has 2 aliphatic carbocycles. The Morgan fingerprint density at radius 1 is 0.923 bits per heavy atom. The van der Waals surface area contributed by atoms with Crippen LogP contribution in [-0.4, -0.2) is 74.7 Å². The van der Waals surface area contributed by atoms with Crippen molar-refractivity contribution in [2.45, 2.75) is 135 Å². The largest absolute Gasteiger partial charge is 0.379 e. The Morgan fingerprint density at radius 2 is 1.54 bits per heavy atom. The highest BCUT2D eigenvalue weighted by molar-refractivity contribution is 5.99. The van der Waals surface area contributed by atoms with Gasteiger partial charge in [-0.15, -0.1) is 0 Å². The highest BCUT2D eigenvalue weighted by Crippen LogP contribution is 2.48. The number of morpholine rings is 1. The number of rotatable bonds is 8. The van der Waals surface area contributed by atoms with Crippen molar-refractivity contribution in [2.24, 2.45) is 23.0 Å². The maximum absolute atomic E-state index is 14.3. The first-order valence-corrected chi connectivity index (χ1v) is 20.8. The zero-order chi connectivity index (χ0) is 36.7. The summed E-state index contributed by atoms with van der Waals surface area (Å²) in [4.78, 5) is 32.8. The Morgan fingerprint density at radius 3 is 2.17 bits per heavy atom. The zero-order valence-electron chi connectivity index (χ0n) is 32.7. The molecular weight excluding hydrogens is 647 g/mol. The lowest BCUT2D eigenvalue weighted by molar-refractivity contribution is -0.137. The minimum absolute atomic E-state index is 0.0653. The second kappa shape index (κ2) is 17.9. The second-order valence-electron chi connectivity index (χ2n) is 16.8. The van der Waals surface area contributed by atoms with E-state index in [2.05, 4.69) is 84.7 Å². The Bertz CT molecular complexity index is 1470. The van der Waals surface area contributed by atoms with Crippen molar-refractivity contribution in [3.8, 4) is 11.1 Å². The quantitative estimate of drug-likeness (QED) is 0.261. The number of ether oxygens (including phenoxy) is 1. The molecule has 2 heterocycles. The summed E-state index contributed by atoms with van der Waals surface area (Å²) in [5.74, 6) is -0.0704. The minimum Gasteiger partial charge on any atom is -0.379 e. The van der Waals surface area contributed by atoms with Gasteiger partial charge in [-0.3, -0.25) is 14.5 Å². The van der Waals surface area contributed by atoms with E-state index in [0.717, 1.165) is 93.8 Å². The lowest BCUT2D eigenvalue weighted by Gasteiger charge is -2.51. The number of anilines is 1. The molecule has 2 aromatic rings. The van der Waals surface area contributed by atoms with Gasteiger partial charge in [0.15, 0.2) is 0 Å². The molecule has 2 aromatic carbocycles. The van der Waals surface area contributed by atoms with Crippen molar-refractivity contribution in [3.63, 3.8) is 0 Å². The van der Waals surface area contributed by atoms with E-state index >= 15 is 0 Å². The molecule has 3 unspecified atom stereocenters. The van der Waals surface area contributed by atoms with Gasteiger partial charge in [-0.1, -0.05) is 82.6 Å².